The molecule has 0 aliphatic carbocycles. The third kappa shape index (κ3) is 3.76. The molecule has 0 amide bonds. The van der Waals surface area contributed by atoms with Crippen molar-refractivity contribution >= 4 is 12.6 Å². The van der Waals surface area contributed by atoms with E-state index in [0.29, 0.717) is 13.2 Å². The zero-order chi connectivity index (χ0) is 14.0. The van der Waals surface area contributed by atoms with Gasteiger partial charge in [0.25, 0.3) is 0 Å². The fraction of sp³-hybridized carbons (Fsp3) is 0.538. The van der Waals surface area contributed by atoms with Crippen LogP contribution in [0.15, 0.2) is 18.2 Å². The minimum absolute atomic E-state index is 0.160. The number of morpholine rings is 1. The van der Waals surface area contributed by atoms with Gasteiger partial charge in [-0.25, -0.2) is 4.39 Å². The highest BCUT2D eigenvalue weighted by Gasteiger charge is 2.24. The molecule has 1 saturated heterocycles. The molecule has 6 heteroatoms. The third-order valence-electron chi connectivity index (χ3n) is 3.40. The van der Waals surface area contributed by atoms with Crippen LogP contribution in [0.25, 0.3) is 0 Å². The molecule has 0 saturated carbocycles. The number of hydrogen-bond acceptors (Lipinski definition) is 4. The summed E-state index contributed by atoms with van der Waals surface area (Å²) in [7, 11) is -1.64. The number of halogens is 1. The van der Waals surface area contributed by atoms with Gasteiger partial charge in [0.1, 0.15) is 5.82 Å². The minimum atomic E-state index is -1.64. The zero-order valence-electron chi connectivity index (χ0n) is 11.2. The predicted octanol–water partition coefficient (Wildman–Crippen LogP) is 0.115. The molecule has 104 valence electrons. The van der Waals surface area contributed by atoms with Crippen LogP contribution in [0.2, 0.25) is 0 Å². The van der Waals surface area contributed by atoms with E-state index in [1.165, 1.54) is 6.07 Å². The van der Waals surface area contributed by atoms with Crippen molar-refractivity contribution in [1.29, 1.82) is 0 Å². The molecule has 1 aromatic rings. The first kappa shape index (κ1) is 14.5. The molecule has 0 aromatic heterocycles. The molecule has 2 atom stereocenters. The molecular weight excluding hydrogens is 248 g/mol. The number of nitrogens with zero attached hydrogens (tertiary/aromatic N) is 1. The van der Waals surface area contributed by atoms with E-state index >= 15 is 0 Å². The summed E-state index contributed by atoms with van der Waals surface area (Å²) in [6.07, 6.45) is 0.160. The van der Waals surface area contributed by atoms with Crippen LogP contribution in [-0.2, 0) is 11.3 Å². The fourth-order valence-electron chi connectivity index (χ4n) is 2.34. The predicted molar refractivity (Wildman–Crippen MR) is 71.5 cm³/mol. The molecule has 1 aromatic carbocycles. The van der Waals surface area contributed by atoms with Crippen LogP contribution in [0, 0.1) is 5.82 Å². The summed E-state index contributed by atoms with van der Waals surface area (Å²) in [5, 5.41) is 18.3. The largest absolute Gasteiger partial charge is 0.488 e. The van der Waals surface area contributed by atoms with E-state index in [4.69, 9.17) is 14.8 Å². The van der Waals surface area contributed by atoms with Crippen LogP contribution in [0.5, 0.6) is 0 Å². The number of rotatable bonds is 3. The van der Waals surface area contributed by atoms with E-state index in [1.807, 2.05) is 6.92 Å². The standard InChI is InChI=1S/C13H19BFNO3/c1-9-8-19-10(2)6-16(9)7-11-3-12(14(17)18)5-13(15)4-11/h3-5,9-10,17-18H,6-8H2,1-2H3. The van der Waals surface area contributed by atoms with Gasteiger partial charge in [-0.3, -0.25) is 4.90 Å². The second-order valence-electron chi connectivity index (χ2n) is 5.19. The second-order valence-corrected chi connectivity index (χ2v) is 5.19. The Morgan fingerprint density at radius 1 is 1.37 bits per heavy atom. The topological polar surface area (TPSA) is 52.9 Å². The van der Waals surface area contributed by atoms with Crippen molar-refractivity contribution in [2.24, 2.45) is 0 Å². The van der Waals surface area contributed by atoms with E-state index in [0.717, 1.165) is 18.2 Å². The molecule has 4 nitrogen and oxygen atoms in total. The Hall–Kier alpha value is -0.945. The van der Waals surface area contributed by atoms with Gasteiger partial charge in [0.2, 0.25) is 0 Å². The van der Waals surface area contributed by atoms with Gasteiger partial charge < -0.3 is 14.8 Å². The summed E-state index contributed by atoms with van der Waals surface area (Å²) in [4.78, 5) is 2.20. The lowest BCUT2D eigenvalue weighted by molar-refractivity contribution is -0.0526. The lowest BCUT2D eigenvalue weighted by Gasteiger charge is -2.36. The highest BCUT2D eigenvalue weighted by atomic mass is 19.1. The molecule has 0 bridgehead atoms. The van der Waals surface area contributed by atoms with Crippen LogP contribution in [0.4, 0.5) is 4.39 Å². The average molecular weight is 267 g/mol. The average Bonchev–Trinajstić information content (AvgIpc) is 2.33. The summed E-state index contributed by atoms with van der Waals surface area (Å²) in [5.41, 5.74) is 0.924. The van der Waals surface area contributed by atoms with Crippen molar-refractivity contribution in [1.82, 2.24) is 4.90 Å². The highest BCUT2D eigenvalue weighted by Crippen LogP contribution is 2.15. The Kier molecular flexibility index (Phi) is 4.57. The smallest absolute Gasteiger partial charge is 0.423 e. The lowest BCUT2D eigenvalue weighted by atomic mass is 9.79. The van der Waals surface area contributed by atoms with Crippen molar-refractivity contribution in [3.63, 3.8) is 0 Å². The maximum Gasteiger partial charge on any atom is 0.488 e. The van der Waals surface area contributed by atoms with E-state index in [9.17, 15) is 4.39 Å². The molecule has 1 aliphatic rings. The first-order valence-corrected chi connectivity index (χ1v) is 6.47. The van der Waals surface area contributed by atoms with E-state index < -0.39 is 12.9 Å². The molecular formula is C13H19BFNO3. The van der Waals surface area contributed by atoms with Gasteiger partial charge in [0, 0.05) is 19.1 Å². The van der Waals surface area contributed by atoms with Crippen molar-refractivity contribution in [3.05, 3.63) is 29.6 Å². The molecule has 2 N–H and O–H groups in total. The van der Waals surface area contributed by atoms with Gasteiger partial charge in [-0.2, -0.15) is 0 Å². The first-order valence-electron chi connectivity index (χ1n) is 6.47. The van der Waals surface area contributed by atoms with Crippen LogP contribution in [-0.4, -0.2) is 47.4 Å². The molecule has 2 rings (SSSR count). The summed E-state index contributed by atoms with van der Waals surface area (Å²) in [6, 6.07) is 4.46. The lowest BCUT2D eigenvalue weighted by Crippen LogP contribution is -2.46. The maximum absolute atomic E-state index is 13.5. The third-order valence-corrected chi connectivity index (χ3v) is 3.40. The summed E-state index contributed by atoms with van der Waals surface area (Å²) < 4.78 is 19.0. The Bertz CT molecular complexity index is 444. The fourth-order valence-corrected chi connectivity index (χ4v) is 2.34. The molecule has 0 radical (unpaired) electrons. The number of ether oxygens (including phenoxy) is 1. The molecule has 0 spiro atoms. The van der Waals surface area contributed by atoms with Crippen molar-refractivity contribution in [2.45, 2.75) is 32.5 Å². The minimum Gasteiger partial charge on any atom is -0.423 e. The Labute approximate surface area is 113 Å². The summed E-state index contributed by atoms with van der Waals surface area (Å²) >= 11 is 0. The highest BCUT2D eigenvalue weighted by molar-refractivity contribution is 6.58. The maximum atomic E-state index is 13.5. The molecule has 19 heavy (non-hydrogen) atoms. The Morgan fingerprint density at radius 3 is 2.79 bits per heavy atom. The SMILES string of the molecule is CC1CN(Cc2cc(F)cc(B(O)O)c2)C(C)CO1. The summed E-state index contributed by atoms with van der Waals surface area (Å²) in [5.74, 6) is -0.449. The number of benzene rings is 1. The Morgan fingerprint density at radius 2 is 2.11 bits per heavy atom. The molecule has 1 aliphatic heterocycles. The van der Waals surface area contributed by atoms with Crippen molar-refractivity contribution in [3.8, 4) is 0 Å². The van der Waals surface area contributed by atoms with Crippen molar-refractivity contribution < 1.29 is 19.2 Å². The van der Waals surface area contributed by atoms with Gasteiger partial charge in [-0.1, -0.05) is 6.07 Å². The molecule has 1 fully saturated rings. The van der Waals surface area contributed by atoms with Crippen LogP contribution >= 0.6 is 0 Å². The molecule has 1 heterocycles. The first-order chi connectivity index (χ1) is 8.95. The van der Waals surface area contributed by atoms with Crippen LogP contribution in [0.3, 0.4) is 0 Å². The molecule has 2 unspecified atom stereocenters. The monoisotopic (exact) mass is 267 g/mol. The van der Waals surface area contributed by atoms with Gasteiger partial charge in [0.15, 0.2) is 0 Å². The van der Waals surface area contributed by atoms with E-state index in [1.54, 1.807) is 6.07 Å². The van der Waals surface area contributed by atoms with Crippen LogP contribution < -0.4 is 5.46 Å². The van der Waals surface area contributed by atoms with Crippen molar-refractivity contribution in [2.75, 3.05) is 13.2 Å². The normalized spacial score (nSPS) is 24.5. The van der Waals surface area contributed by atoms with Gasteiger partial charge in [-0.05, 0) is 37.0 Å². The van der Waals surface area contributed by atoms with Gasteiger partial charge in [-0.15, -0.1) is 0 Å². The Balaban J connectivity index is 2.13. The van der Waals surface area contributed by atoms with E-state index in [2.05, 4.69) is 11.8 Å². The quantitative estimate of drug-likeness (QED) is 0.763. The second kappa shape index (κ2) is 6.01. The van der Waals surface area contributed by atoms with E-state index in [-0.39, 0.29) is 17.6 Å². The van der Waals surface area contributed by atoms with Gasteiger partial charge >= 0.3 is 7.12 Å². The number of hydrogen-bond donors (Lipinski definition) is 2. The zero-order valence-corrected chi connectivity index (χ0v) is 11.2. The summed E-state index contributed by atoms with van der Waals surface area (Å²) in [6.45, 7) is 6.09. The van der Waals surface area contributed by atoms with Gasteiger partial charge in [0.05, 0.1) is 12.7 Å². The van der Waals surface area contributed by atoms with Crippen LogP contribution in [0.1, 0.15) is 19.4 Å².